The Morgan fingerprint density at radius 2 is 2.44 bits per heavy atom. The second-order valence-corrected chi connectivity index (χ2v) is 3.36. The molecule has 2 rings (SSSR count). The van der Waals surface area contributed by atoms with Gasteiger partial charge in [-0.3, -0.25) is 4.79 Å². The number of hydrogen-bond donors (Lipinski definition) is 1. The average molecular weight is 242 g/mol. The number of carbonyl (C=O) groups is 1. The Labute approximate surface area is 95.6 Å². The normalized spacial score (nSPS) is 10.4. The lowest BCUT2D eigenvalue weighted by Crippen LogP contribution is -2.23. The third-order valence-electron chi connectivity index (χ3n) is 1.84. The van der Waals surface area contributed by atoms with E-state index in [0.29, 0.717) is 11.7 Å². The van der Waals surface area contributed by atoms with Crippen LogP contribution in [0, 0.1) is 6.92 Å². The van der Waals surface area contributed by atoms with Crippen LogP contribution >= 0.6 is 11.6 Å². The van der Waals surface area contributed by atoms with E-state index in [0.717, 1.165) is 0 Å². The molecule has 84 valence electrons. The van der Waals surface area contributed by atoms with Gasteiger partial charge in [0, 0.05) is 6.92 Å². The highest BCUT2D eigenvalue weighted by Crippen LogP contribution is 2.16. The number of hydrogen-bond acceptors (Lipinski definition) is 5. The van der Waals surface area contributed by atoms with Gasteiger partial charge in [0.2, 0.25) is 11.1 Å². The Morgan fingerprint density at radius 3 is 3.00 bits per heavy atom. The van der Waals surface area contributed by atoms with Crippen LogP contribution in [0.1, 0.15) is 22.1 Å². The van der Waals surface area contributed by atoms with Crippen molar-refractivity contribution in [1.29, 1.82) is 0 Å². The fourth-order valence-electron chi connectivity index (χ4n) is 1.12. The van der Waals surface area contributed by atoms with Gasteiger partial charge < -0.3 is 14.3 Å². The monoisotopic (exact) mass is 241 g/mol. The Bertz CT molecular complexity index is 506. The minimum atomic E-state index is -0.346. The topological polar surface area (TPSA) is 81.2 Å². The third-order valence-corrected chi connectivity index (χ3v) is 2.13. The van der Waals surface area contributed by atoms with Crippen molar-refractivity contribution in [2.45, 2.75) is 13.5 Å². The van der Waals surface area contributed by atoms with Gasteiger partial charge in [-0.05, 0) is 17.7 Å². The number of aromatic nitrogens is 2. The van der Waals surface area contributed by atoms with Crippen molar-refractivity contribution in [3.8, 4) is 0 Å². The van der Waals surface area contributed by atoms with E-state index >= 15 is 0 Å². The molecule has 0 bridgehead atoms. The summed E-state index contributed by atoms with van der Waals surface area (Å²) in [6, 6.07) is 1.49. The fraction of sp³-hybridized carbons (Fsp3) is 0.222. The maximum atomic E-state index is 11.6. The highest BCUT2D eigenvalue weighted by Gasteiger charge is 2.13. The van der Waals surface area contributed by atoms with Crippen molar-refractivity contribution in [3.05, 3.63) is 34.8 Å². The number of nitrogens with one attached hydrogen (secondary N) is 1. The predicted molar refractivity (Wildman–Crippen MR) is 53.9 cm³/mol. The summed E-state index contributed by atoms with van der Waals surface area (Å²) in [6.07, 6.45) is 1.34. The van der Waals surface area contributed by atoms with Gasteiger partial charge in [0.25, 0.3) is 5.91 Å². The molecule has 6 nitrogen and oxygen atoms in total. The van der Waals surface area contributed by atoms with Crippen LogP contribution in [0.5, 0.6) is 0 Å². The van der Waals surface area contributed by atoms with Crippen molar-refractivity contribution in [2.24, 2.45) is 0 Å². The second-order valence-electron chi connectivity index (χ2n) is 3.02. The SMILES string of the molecule is Cc1nc(CNC(=O)c2ccoc2Cl)no1. The third kappa shape index (κ3) is 2.22. The van der Waals surface area contributed by atoms with Crippen molar-refractivity contribution in [2.75, 3.05) is 0 Å². The van der Waals surface area contributed by atoms with Crippen molar-refractivity contribution < 1.29 is 13.7 Å². The van der Waals surface area contributed by atoms with Gasteiger partial charge in [-0.15, -0.1) is 0 Å². The summed E-state index contributed by atoms with van der Waals surface area (Å²) in [6.45, 7) is 1.85. The minimum Gasteiger partial charge on any atom is -0.452 e. The smallest absolute Gasteiger partial charge is 0.256 e. The zero-order valence-electron chi connectivity index (χ0n) is 8.36. The molecule has 2 aromatic heterocycles. The quantitative estimate of drug-likeness (QED) is 0.882. The Balaban J connectivity index is 1.96. The lowest BCUT2D eigenvalue weighted by atomic mass is 10.3. The van der Waals surface area contributed by atoms with E-state index in [-0.39, 0.29) is 23.2 Å². The maximum Gasteiger partial charge on any atom is 0.256 e. The van der Waals surface area contributed by atoms with Crippen molar-refractivity contribution >= 4 is 17.5 Å². The van der Waals surface area contributed by atoms with Gasteiger partial charge in [-0.25, -0.2) is 0 Å². The van der Waals surface area contributed by atoms with Crippen LogP contribution in [0.3, 0.4) is 0 Å². The maximum absolute atomic E-state index is 11.6. The summed E-state index contributed by atoms with van der Waals surface area (Å²) in [5, 5.41) is 6.28. The second kappa shape index (κ2) is 4.36. The number of nitrogens with zero attached hydrogens (tertiary/aromatic N) is 2. The van der Waals surface area contributed by atoms with Gasteiger partial charge in [0.05, 0.1) is 18.4 Å². The van der Waals surface area contributed by atoms with Crippen molar-refractivity contribution in [1.82, 2.24) is 15.5 Å². The minimum absolute atomic E-state index is 0.0572. The zero-order chi connectivity index (χ0) is 11.5. The molecule has 0 saturated heterocycles. The largest absolute Gasteiger partial charge is 0.452 e. The first-order valence-corrected chi connectivity index (χ1v) is 4.85. The van der Waals surface area contributed by atoms with Crippen LogP contribution < -0.4 is 5.32 Å². The number of amides is 1. The molecule has 1 N–H and O–H groups in total. The van der Waals surface area contributed by atoms with E-state index in [9.17, 15) is 4.79 Å². The number of carbonyl (C=O) groups excluding carboxylic acids is 1. The molecular formula is C9H8ClN3O3. The van der Waals surface area contributed by atoms with E-state index in [1.54, 1.807) is 6.92 Å². The molecule has 0 unspecified atom stereocenters. The molecule has 0 atom stereocenters. The Hall–Kier alpha value is -1.82. The molecule has 0 radical (unpaired) electrons. The van der Waals surface area contributed by atoms with Crippen LogP contribution in [-0.2, 0) is 6.54 Å². The summed E-state index contributed by atoms with van der Waals surface area (Å²) < 4.78 is 9.55. The van der Waals surface area contributed by atoms with Crippen LogP contribution in [0.4, 0.5) is 0 Å². The van der Waals surface area contributed by atoms with Gasteiger partial charge in [-0.2, -0.15) is 4.98 Å². The van der Waals surface area contributed by atoms with Gasteiger partial charge in [-0.1, -0.05) is 5.16 Å². The van der Waals surface area contributed by atoms with Crippen LogP contribution in [0.2, 0.25) is 5.22 Å². The van der Waals surface area contributed by atoms with Gasteiger partial charge in [0.1, 0.15) is 0 Å². The predicted octanol–water partition coefficient (Wildman–Crippen LogP) is 1.55. The first-order chi connectivity index (χ1) is 7.66. The summed E-state index contributed by atoms with van der Waals surface area (Å²) in [5.41, 5.74) is 0.280. The van der Waals surface area contributed by atoms with Crippen molar-refractivity contribution in [3.63, 3.8) is 0 Å². The van der Waals surface area contributed by atoms with Crippen LogP contribution in [-0.4, -0.2) is 16.0 Å². The molecule has 0 aromatic carbocycles. The molecule has 0 saturated carbocycles. The van der Waals surface area contributed by atoms with Crippen LogP contribution in [0.15, 0.2) is 21.3 Å². The van der Waals surface area contributed by atoms with E-state index in [1.807, 2.05) is 0 Å². The molecule has 0 fully saturated rings. The zero-order valence-corrected chi connectivity index (χ0v) is 9.11. The molecule has 2 heterocycles. The number of furan rings is 1. The molecule has 0 aliphatic rings. The van der Waals surface area contributed by atoms with Gasteiger partial charge in [0.15, 0.2) is 5.82 Å². The van der Waals surface area contributed by atoms with Gasteiger partial charge >= 0.3 is 0 Å². The summed E-state index contributed by atoms with van der Waals surface area (Å²) in [5.74, 6) is 0.511. The molecule has 0 aliphatic heterocycles. The first-order valence-electron chi connectivity index (χ1n) is 4.47. The van der Waals surface area contributed by atoms with E-state index in [1.165, 1.54) is 12.3 Å². The molecule has 16 heavy (non-hydrogen) atoms. The molecule has 0 aliphatic carbocycles. The summed E-state index contributed by atoms with van der Waals surface area (Å²) in [7, 11) is 0. The molecule has 1 amide bonds. The van der Waals surface area contributed by atoms with E-state index in [4.69, 9.17) is 20.5 Å². The van der Waals surface area contributed by atoms with Crippen LogP contribution in [0.25, 0.3) is 0 Å². The highest BCUT2D eigenvalue weighted by molar-refractivity contribution is 6.32. The fourth-order valence-corrected chi connectivity index (χ4v) is 1.32. The standard InChI is InChI=1S/C9H8ClN3O3/c1-5-12-7(13-16-5)4-11-9(14)6-2-3-15-8(6)10/h2-3H,4H2,1H3,(H,11,14). The Morgan fingerprint density at radius 1 is 1.62 bits per heavy atom. The lowest BCUT2D eigenvalue weighted by molar-refractivity contribution is 0.0949. The summed E-state index contributed by atoms with van der Waals surface area (Å²) >= 11 is 5.64. The average Bonchev–Trinajstić information content (AvgIpc) is 2.84. The molecular weight excluding hydrogens is 234 g/mol. The Kier molecular flexibility index (Phi) is 2.91. The summed E-state index contributed by atoms with van der Waals surface area (Å²) in [4.78, 5) is 15.5. The van der Waals surface area contributed by atoms with E-state index in [2.05, 4.69) is 15.5 Å². The number of rotatable bonds is 3. The van der Waals surface area contributed by atoms with E-state index < -0.39 is 0 Å². The first kappa shape index (κ1) is 10.7. The lowest BCUT2D eigenvalue weighted by Gasteiger charge is -1.99. The molecule has 2 aromatic rings. The molecule has 0 spiro atoms. The number of aryl methyl sites for hydroxylation is 1. The highest BCUT2D eigenvalue weighted by atomic mass is 35.5. The number of halogens is 1. The molecule has 7 heteroatoms.